The van der Waals surface area contributed by atoms with E-state index in [4.69, 9.17) is 15.2 Å². The van der Waals surface area contributed by atoms with Crippen LogP contribution in [0, 0.1) is 0 Å². The van der Waals surface area contributed by atoms with Gasteiger partial charge in [0.25, 0.3) is 0 Å². The molecular formula is C16H27NO2. The van der Waals surface area contributed by atoms with Gasteiger partial charge in [0.15, 0.2) is 0 Å². The summed E-state index contributed by atoms with van der Waals surface area (Å²) < 4.78 is 11.1. The molecule has 0 aliphatic carbocycles. The van der Waals surface area contributed by atoms with Crippen molar-refractivity contribution in [3.05, 3.63) is 29.8 Å². The summed E-state index contributed by atoms with van der Waals surface area (Å²) in [6, 6.07) is 8.43. The fourth-order valence-corrected chi connectivity index (χ4v) is 1.74. The number of hydrogen-bond acceptors (Lipinski definition) is 3. The van der Waals surface area contributed by atoms with Crippen LogP contribution in [0.5, 0.6) is 5.75 Å². The van der Waals surface area contributed by atoms with Crippen LogP contribution in [0.25, 0.3) is 0 Å². The van der Waals surface area contributed by atoms with Gasteiger partial charge < -0.3 is 15.2 Å². The zero-order valence-corrected chi connectivity index (χ0v) is 12.2. The van der Waals surface area contributed by atoms with Crippen LogP contribution in [-0.4, -0.2) is 25.9 Å². The topological polar surface area (TPSA) is 44.5 Å². The zero-order valence-electron chi connectivity index (χ0n) is 12.2. The van der Waals surface area contributed by atoms with E-state index < -0.39 is 0 Å². The minimum atomic E-state index is 0.249. The van der Waals surface area contributed by atoms with E-state index in [0.717, 1.165) is 31.6 Å². The van der Waals surface area contributed by atoms with Crippen LogP contribution in [0.2, 0.25) is 0 Å². The van der Waals surface area contributed by atoms with Crippen LogP contribution < -0.4 is 10.5 Å². The summed E-state index contributed by atoms with van der Waals surface area (Å²) in [5.74, 6) is 0.896. The summed E-state index contributed by atoms with van der Waals surface area (Å²) in [6.45, 7) is 6.36. The molecule has 1 unspecified atom stereocenters. The molecule has 1 rings (SSSR count). The van der Waals surface area contributed by atoms with Gasteiger partial charge in [0, 0.05) is 12.6 Å². The molecule has 0 saturated carbocycles. The molecule has 3 nitrogen and oxygen atoms in total. The lowest BCUT2D eigenvalue weighted by Crippen LogP contribution is -2.21. The molecule has 108 valence electrons. The lowest BCUT2D eigenvalue weighted by atomic mass is 10.0. The molecule has 0 spiro atoms. The normalized spacial score (nSPS) is 12.4. The third-order valence-electron chi connectivity index (χ3n) is 3.08. The number of hydrogen-bond donors (Lipinski definition) is 1. The predicted octanol–water partition coefficient (Wildman–Crippen LogP) is 3.16. The third-order valence-corrected chi connectivity index (χ3v) is 3.08. The molecule has 1 atom stereocenters. The number of ether oxygens (including phenoxy) is 2. The second-order valence-corrected chi connectivity index (χ2v) is 4.83. The van der Waals surface area contributed by atoms with Crippen LogP contribution in [0.4, 0.5) is 0 Å². The monoisotopic (exact) mass is 265 g/mol. The van der Waals surface area contributed by atoms with Gasteiger partial charge in [-0.3, -0.25) is 0 Å². The Morgan fingerprint density at radius 1 is 1.05 bits per heavy atom. The molecule has 2 N–H and O–H groups in total. The Morgan fingerprint density at radius 3 is 2.42 bits per heavy atom. The van der Waals surface area contributed by atoms with E-state index in [1.165, 1.54) is 12.0 Å². The van der Waals surface area contributed by atoms with Crippen molar-refractivity contribution in [3.8, 4) is 5.75 Å². The first-order chi connectivity index (χ1) is 9.26. The Morgan fingerprint density at radius 2 is 1.79 bits per heavy atom. The zero-order chi connectivity index (χ0) is 13.9. The van der Waals surface area contributed by atoms with E-state index in [9.17, 15) is 0 Å². The molecule has 1 aromatic rings. The quantitative estimate of drug-likeness (QED) is 0.661. The molecule has 19 heavy (non-hydrogen) atoms. The number of rotatable bonds is 10. The summed E-state index contributed by atoms with van der Waals surface area (Å²) in [6.07, 6.45) is 4.22. The number of nitrogens with two attached hydrogens (primary N) is 1. The lowest BCUT2D eigenvalue weighted by molar-refractivity contribution is 0.0980. The van der Waals surface area contributed by atoms with Crippen molar-refractivity contribution < 1.29 is 9.47 Å². The maximum Gasteiger partial charge on any atom is 0.119 e. The van der Waals surface area contributed by atoms with Gasteiger partial charge in [-0.2, -0.15) is 0 Å². The SMILES string of the molecule is CCCCOCCOc1ccc(CC(N)CC)cc1. The van der Waals surface area contributed by atoms with Crippen molar-refractivity contribution in [2.75, 3.05) is 19.8 Å². The molecule has 0 saturated heterocycles. The van der Waals surface area contributed by atoms with Crippen molar-refractivity contribution in [2.45, 2.75) is 45.6 Å². The van der Waals surface area contributed by atoms with Gasteiger partial charge in [0.2, 0.25) is 0 Å². The minimum absolute atomic E-state index is 0.249. The van der Waals surface area contributed by atoms with Crippen molar-refractivity contribution in [1.82, 2.24) is 0 Å². The summed E-state index contributed by atoms with van der Waals surface area (Å²) in [7, 11) is 0. The van der Waals surface area contributed by atoms with Gasteiger partial charge in [-0.05, 0) is 37.0 Å². The van der Waals surface area contributed by atoms with Gasteiger partial charge in [-0.1, -0.05) is 32.4 Å². The minimum Gasteiger partial charge on any atom is -0.491 e. The fraction of sp³-hybridized carbons (Fsp3) is 0.625. The van der Waals surface area contributed by atoms with Crippen molar-refractivity contribution in [1.29, 1.82) is 0 Å². The Balaban J connectivity index is 2.21. The second kappa shape index (κ2) is 9.82. The van der Waals surface area contributed by atoms with Crippen LogP contribution >= 0.6 is 0 Å². The Hall–Kier alpha value is -1.06. The van der Waals surface area contributed by atoms with E-state index in [1.807, 2.05) is 12.1 Å². The average Bonchev–Trinajstić information content (AvgIpc) is 2.44. The molecule has 0 aliphatic rings. The summed E-state index contributed by atoms with van der Waals surface area (Å²) in [5.41, 5.74) is 7.20. The molecule has 0 amide bonds. The number of benzene rings is 1. The van der Waals surface area contributed by atoms with Crippen LogP contribution in [0.3, 0.4) is 0 Å². The van der Waals surface area contributed by atoms with E-state index in [1.54, 1.807) is 0 Å². The molecular weight excluding hydrogens is 238 g/mol. The largest absolute Gasteiger partial charge is 0.491 e. The van der Waals surface area contributed by atoms with E-state index in [-0.39, 0.29) is 6.04 Å². The highest BCUT2D eigenvalue weighted by molar-refractivity contribution is 5.27. The van der Waals surface area contributed by atoms with Crippen LogP contribution in [0.15, 0.2) is 24.3 Å². The highest BCUT2D eigenvalue weighted by atomic mass is 16.5. The van der Waals surface area contributed by atoms with Gasteiger partial charge in [0.1, 0.15) is 12.4 Å². The van der Waals surface area contributed by atoms with E-state index in [0.29, 0.717) is 13.2 Å². The van der Waals surface area contributed by atoms with E-state index in [2.05, 4.69) is 26.0 Å². The first kappa shape index (κ1) is 16.0. The van der Waals surface area contributed by atoms with Crippen molar-refractivity contribution in [2.24, 2.45) is 5.73 Å². The molecule has 0 aliphatic heterocycles. The highest BCUT2D eigenvalue weighted by Crippen LogP contribution is 2.13. The predicted molar refractivity (Wildman–Crippen MR) is 79.6 cm³/mol. The molecule has 1 aromatic carbocycles. The van der Waals surface area contributed by atoms with Gasteiger partial charge in [-0.25, -0.2) is 0 Å². The molecule has 0 fully saturated rings. The summed E-state index contributed by atoms with van der Waals surface area (Å²) in [5, 5.41) is 0. The summed E-state index contributed by atoms with van der Waals surface area (Å²) in [4.78, 5) is 0. The Kier molecular flexibility index (Phi) is 8.26. The molecule has 3 heteroatoms. The standard InChI is InChI=1S/C16H27NO2/c1-3-5-10-18-11-12-19-16-8-6-14(7-9-16)13-15(17)4-2/h6-9,15H,3-5,10-13,17H2,1-2H3. The Labute approximate surface area is 117 Å². The van der Waals surface area contributed by atoms with Crippen LogP contribution in [0.1, 0.15) is 38.7 Å². The first-order valence-corrected chi connectivity index (χ1v) is 7.31. The molecule has 0 aromatic heterocycles. The van der Waals surface area contributed by atoms with Gasteiger partial charge in [0.05, 0.1) is 6.61 Å². The average molecular weight is 265 g/mol. The van der Waals surface area contributed by atoms with Crippen molar-refractivity contribution in [3.63, 3.8) is 0 Å². The third kappa shape index (κ3) is 7.19. The summed E-state index contributed by atoms with van der Waals surface area (Å²) >= 11 is 0. The number of unbranched alkanes of at least 4 members (excludes halogenated alkanes) is 1. The van der Waals surface area contributed by atoms with E-state index >= 15 is 0 Å². The Bertz CT molecular complexity index is 324. The molecule has 0 heterocycles. The van der Waals surface area contributed by atoms with Gasteiger partial charge in [-0.15, -0.1) is 0 Å². The molecule has 0 bridgehead atoms. The smallest absolute Gasteiger partial charge is 0.119 e. The fourth-order valence-electron chi connectivity index (χ4n) is 1.74. The maximum atomic E-state index is 5.93. The highest BCUT2D eigenvalue weighted by Gasteiger charge is 2.01. The molecule has 0 radical (unpaired) electrons. The first-order valence-electron chi connectivity index (χ1n) is 7.31. The van der Waals surface area contributed by atoms with Crippen molar-refractivity contribution >= 4 is 0 Å². The lowest BCUT2D eigenvalue weighted by Gasteiger charge is -2.10. The van der Waals surface area contributed by atoms with Gasteiger partial charge >= 0.3 is 0 Å². The second-order valence-electron chi connectivity index (χ2n) is 4.83. The maximum absolute atomic E-state index is 5.93. The van der Waals surface area contributed by atoms with Crippen LogP contribution in [-0.2, 0) is 11.2 Å².